The second-order valence-electron chi connectivity index (χ2n) is 7.21. The molecule has 0 unspecified atom stereocenters. The molecule has 1 saturated carbocycles. The smallest absolute Gasteiger partial charge is 0.307 e. The van der Waals surface area contributed by atoms with Crippen LogP contribution in [-0.2, 0) is 11.8 Å². The molecule has 0 spiro atoms. The molecule has 2 atom stereocenters. The summed E-state index contributed by atoms with van der Waals surface area (Å²) in [6, 6.07) is 0.268. The third-order valence-corrected chi connectivity index (χ3v) is 5.11. The summed E-state index contributed by atoms with van der Waals surface area (Å²) in [6.07, 6.45) is 8.68. The predicted octanol–water partition coefficient (Wildman–Crippen LogP) is 1.59. The Balaban J connectivity index is 1.52. The molecule has 1 aliphatic carbocycles. The second kappa shape index (κ2) is 6.59. The Morgan fingerprint density at radius 3 is 2.77 bits per heavy atom. The van der Waals surface area contributed by atoms with Crippen molar-refractivity contribution in [3.8, 4) is 0 Å². The molecular formula is C18H23N5O3. The molecule has 2 aromatic heterocycles. The summed E-state index contributed by atoms with van der Waals surface area (Å²) in [4.78, 5) is 30.8. The SMILES string of the molecule is Cc1cnc(C(=O)NC[C@H]2CCC(=O)N(C3CC3)[C@@H]2c2cnn(C)c2)o1. The molecule has 2 amide bonds. The molecule has 1 aliphatic heterocycles. The maximum Gasteiger partial charge on any atom is 0.307 e. The molecule has 0 bridgehead atoms. The lowest BCUT2D eigenvalue weighted by Gasteiger charge is -2.41. The van der Waals surface area contributed by atoms with Crippen molar-refractivity contribution >= 4 is 11.8 Å². The normalized spacial score (nSPS) is 23.3. The van der Waals surface area contributed by atoms with Gasteiger partial charge >= 0.3 is 5.91 Å². The minimum atomic E-state index is -0.321. The Kier molecular flexibility index (Phi) is 4.26. The standard InChI is InChI=1S/C18H23N5O3/c1-11-7-20-18(26-11)17(25)19-8-12-3-6-15(24)23(14-4-5-14)16(12)13-9-21-22(2)10-13/h7,9-10,12,14,16H,3-6,8H2,1-2H3,(H,19,25)/t12-,16+/m1/s1. The molecule has 8 heteroatoms. The molecule has 2 fully saturated rings. The van der Waals surface area contributed by atoms with Crippen LogP contribution in [0.5, 0.6) is 0 Å². The van der Waals surface area contributed by atoms with Gasteiger partial charge < -0.3 is 14.6 Å². The van der Waals surface area contributed by atoms with Crippen molar-refractivity contribution in [1.29, 1.82) is 0 Å². The number of oxazole rings is 1. The number of rotatable bonds is 5. The number of carbonyl (C=O) groups excluding carboxylic acids is 2. The van der Waals surface area contributed by atoms with Crippen molar-refractivity contribution in [2.45, 2.75) is 44.7 Å². The highest BCUT2D eigenvalue weighted by Gasteiger charge is 2.44. The van der Waals surface area contributed by atoms with E-state index in [0.717, 1.165) is 24.8 Å². The van der Waals surface area contributed by atoms with Gasteiger partial charge in [0, 0.05) is 43.7 Å². The highest BCUT2D eigenvalue weighted by molar-refractivity contribution is 5.89. The number of nitrogens with one attached hydrogen (secondary N) is 1. The van der Waals surface area contributed by atoms with E-state index < -0.39 is 0 Å². The Morgan fingerprint density at radius 2 is 2.15 bits per heavy atom. The Bertz CT molecular complexity index is 822. The zero-order chi connectivity index (χ0) is 18.3. The quantitative estimate of drug-likeness (QED) is 0.877. The van der Waals surface area contributed by atoms with Gasteiger partial charge in [-0.3, -0.25) is 14.3 Å². The molecule has 0 aromatic carbocycles. The van der Waals surface area contributed by atoms with Crippen LogP contribution < -0.4 is 5.32 Å². The Morgan fingerprint density at radius 1 is 1.35 bits per heavy atom. The van der Waals surface area contributed by atoms with Crippen LogP contribution in [0, 0.1) is 12.8 Å². The van der Waals surface area contributed by atoms with Crippen LogP contribution in [0.2, 0.25) is 0 Å². The first kappa shape index (κ1) is 16.8. The number of piperidine rings is 1. The monoisotopic (exact) mass is 357 g/mol. The van der Waals surface area contributed by atoms with E-state index >= 15 is 0 Å². The van der Waals surface area contributed by atoms with Gasteiger partial charge in [0.1, 0.15) is 5.76 Å². The van der Waals surface area contributed by atoms with Crippen LogP contribution in [0.3, 0.4) is 0 Å². The highest BCUT2D eigenvalue weighted by atomic mass is 16.4. The molecule has 1 N–H and O–H groups in total. The summed E-state index contributed by atoms with van der Waals surface area (Å²) in [6.45, 7) is 2.22. The van der Waals surface area contributed by atoms with Gasteiger partial charge in [0.15, 0.2) is 0 Å². The fourth-order valence-corrected chi connectivity index (χ4v) is 3.76. The van der Waals surface area contributed by atoms with Crippen LogP contribution in [0.4, 0.5) is 0 Å². The molecule has 8 nitrogen and oxygen atoms in total. The fourth-order valence-electron chi connectivity index (χ4n) is 3.76. The first-order valence-corrected chi connectivity index (χ1v) is 9.03. The maximum atomic E-state index is 12.6. The molecule has 2 aromatic rings. The number of likely N-dealkylation sites (tertiary alicyclic amines) is 1. The minimum Gasteiger partial charge on any atom is -0.438 e. The molecule has 2 aliphatic rings. The van der Waals surface area contributed by atoms with Gasteiger partial charge in [0.2, 0.25) is 5.91 Å². The largest absolute Gasteiger partial charge is 0.438 e. The van der Waals surface area contributed by atoms with Gasteiger partial charge in [0.25, 0.3) is 5.89 Å². The zero-order valence-corrected chi connectivity index (χ0v) is 15.0. The van der Waals surface area contributed by atoms with Crippen molar-refractivity contribution in [1.82, 2.24) is 25.0 Å². The topological polar surface area (TPSA) is 93.3 Å². The number of aromatic nitrogens is 3. The number of carbonyl (C=O) groups is 2. The van der Waals surface area contributed by atoms with Crippen LogP contribution in [0.15, 0.2) is 23.0 Å². The van der Waals surface area contributed by atoms with Crippen LogP contribution in [-0.4, -0.2) is 44.1 Å². The van der Waals surface area contributed by atoms with Gasteiger partial charge in [-0.1, -0.05) is 0 Å². The zero-order valence-electron chi connectivity index (χ0n) is 15.0. The van der Waals surface area contributed by atoms with E-state index in [1.807, 2.05) is 24.3 Å². The molecule has 4 rings (SSSR count). The van der Waals surface area contributed by atoms with Crippen molar-refractivity contribution in [3.63, 3.8) is 0 Å². The summed E-state index contributed by atoms with van der Waals surface area (Å²) in [5.74, 6) is 0.695. The van der Waals surface area contributed by atoms with E-state index in [1.54, 1.807) is 11.6 Å². The summed E-state index contributed by atoms with van der Waals surface area (Å²) >= 11 is 0. The average Bonchev–Trinajstić information content (AvgIpc) is 3.21. The lowest BCUT2D eigenvalue weighted by atomic mass is 9.85. The van der Waals surface area contributed by atoms with Crippen molar-refractivity contribution in [3.05, 3.63) is 35.8 Å². The molecule has 138 valence electrons. The van der Waals surface area contributed by atoms with E-state index in [2.05, 4.69) is 15.4 Å². The third kappa shape index (κ3) is 3.23. The summed E-state index contributed by atoms with van der Waals surface area (Å²) in [5, 5.41) is 7.20. The lowest BCUT2D eigenvalue weighted by molar-refractivity contribution is -0.139. The van der Waals surface area contributed by atoms with E-state index in [4.69, 9.17) is 4.42 Å². The van der Waals surface area contributed by atoms with Gasteiger partial charge in [0.05, 0.1) is 18.4 Å². The first-order chi connectivity index (χ1) is 12.5. The average molecular weight is 357 g/mol. The van der Waals surface area contributed by atoms with Crippen LogP contribution >= 0.6 is 0 Å². The van der Waals surface area contributed by atoms with Crippen molar-refractivity contribution < 1.29 is 14.0 Å². The van der Waals surface area contributed by atoms with Crippen LogP contribution in [0.25, 0.3) is 0 Å². The van der Waals surface area contributed by atoms with Gasteiger partial charge in [-0.25, -0.2) is 4.98 Å². The Hall–Kier alpha value is -2.64. The van der Waals surface area contributed by atoms with Gasteiger partial charge in [-0.2, -0.15) is 5.10 Å². The summed E-state index contributed by atoms with van der Waals surface area (Å²) in [7, 11) is 1.87. The highest BCUT2D eigenvalue weighted by Crippen LogP contribution is 2.43. The van der Waals surface area contributed by atoms with E-state index in [0.29, 0.717) is 24.8 Å². The molecule has 3 heterocycles. The number of aryl methyl sites for hydroxylation is 2. The van der Waals surface area contributed by atoms with Gasteiger partial charge in [-0.15, -0.1) is 0 Å². The molecule has 1 saturated heterocycles. The Labute approximate surface area is 151 Å². The van der Waals surface area contributed by atoms with Crippen molar-refractivity contribution in [2.24, 2.45) is 13.0 Å². The van der Waals surface area contributed by atoms with Crippen molar-refractivity contribution in [2.75, 3.05) is 6.54 Å². The first-order valence-electron chi connectivity index (χ1n) is 9.03. The number of hydrogen-bond acceptors (Lipinski definition) is 5. The van der Waals surface area contributed by atoms with Gasteiger partial charge in [-0.05, 0) is 26.2 Å². The van der Waals surface area contributed by atoms with Crippen LogP contribution in [0.1, 0.15) is 53.7 Å². The second-order valence-corrected chi connectivity index (χ2v) is 7.21. The van der Waals surface area contributed by atoms with E-state index in [-0.39, 0.29) is 29.7 Å². The summed E-state index contributed by atoms with van der Waals surface area (Å²) in [5.41, 5.74) is 1.03. The van der Waals surface area contributed by atoms with E-state index in [9.17, 15) is 9.59 Å². The lowest BCUT2D eigenvalue weighted by Crippen LogP contribution is -2.47. The third-order valence-electron chi connectivity index (χ3n) is 5.11. The number of hydrogen-bond donors (Lipinski definition) is 1. The summed E-state index contributed by atoms with van der Waals surface area (Å²) < 4.78 is 7.04. The fraction of sp³-hybridized carbons (Fsp3) is 0.556. The minimum absolute atomic E-state index is 0.0518. The maximum absolute atomic E-state index is 12.6. The molecule has 0 radical (unpaired) electrons. The van der Waals surface area contributed by atoms with E-state index in [1.165, 1.54) is 6.20 Å². The number of nitrogens with zero attached hydrogens (tertiary/aromatic N) is 4. The molecular weight excluding hydrogens is 334 g/mol. The predicted molar refractivity (Wildman–Crippen MR) is 92.1 cm³/mol. The molecule has 26 heavy (non-hydrogen) atoms. The number of amides is 2.